The highest BCUT2D eigenvalue weighted by molar-refractivity contribution is 6.33. The molecule has 116 valence electrons. The summed E-state index contributed by atoms with van der Waals surface area (Å²) in [6, 6.07) is 5.35. The van der Waals surface area contributed by atoms with Gasteiger partial charge < -0.3 is 14.3 Å². The number of H-pyrrole nitrogens is 1. The van der Waals surface area contributed by atoms with Crippen molar-refractivity contribution in [3.8, 4) is 0 Å². The monoisotopic (exact) mass is 307 g/mol. The third-order valence-corrected chi connectivity index (χ3v) is 4.72. The molecule has 1 saturated heterocycles. The van der Waals surface area contributed by atoms with Gasteiger partial charge in [-0.1, -0.05) is 17.6 Å². The Labute approximate surface area is 135 Å². The maximum atomic E-state index is 12.3. The fraction of sp³-hybridized carbons (Fsp3) is 0.412. The number of hydrogen-bond acceptors (Lipinski definition) is 4. The van der Waals surface area contributed by atoms with Crippen molar-refractivity contribution in [1.29, 1.82) is 0 Å². The third-order valence-electron chi connectivity index (χ3n) is 4.72. The van der Waals surface area contributed by atoms with Crippen molar-refractivity contribution in [3.05, 3.63) is 34.4 Å². The number of hydrogen-bond donors (Lipinski definition) is 1. The maximum absolute atomic E-state index is 12.3. The summed E-state index contributed by atoms with van der Waals surface area (Å²) < 4.78 is 5.63. The van der Waals surface area contributed by atoms with Crippen molar-refractivity contribution >= 4 is 35.4 Å². The molecule has 6 heteroatoms. The van der Waals surface area contributed by atoms with Crippen molar-refractivity contribution in [1.82, 2.24) is 14.9 Å². The molecule has 1 aliphatic rings. The molecule has 4 rings (SSSR count). The topological polar surface area (TPSA) is 62.1 Å². The lowest BCUT2D eigenvalue weighted by atomic mass is 9.93. The number of piperidine rings is 1. The molecule has 3 heterocycles. The highest BCUT2D eigenvalue weighted by Crippen LogP contribution is 2.25. The van der Waals surface area contributed by atoms with Crippen LogP contribution in [0, 0.1) is 5.92 Å². The number of nitrogens with zero attached hydrogens (tertiary/aromatic N) is 2. The molecular weight excluding hydrogens is 289 g/mol. The van der Waals surface area contributed by atoms with Gasteiger partial charge in [-0.15, -0.1) is 0 Å². The summed E-state index contributed by atoms with van der Waals surface area (Å²) in [6.45, 7) is 2.20. The number of rotatable bonds is 2. The highest BCUT2D eigenvalue weighted by Gasteiger charge is 2.19. The largest absolute Gasteiger partial charge is 0.449 e. The molecule has 2 radical (unpaired) electrons. The first-order chi connectivity index (χ1) is 11.1. The summed E-state index contributed by atoms with van der Waals surface area (Å²) in [5.74, 6) is 1.30. The van der Waals surface area contributed by atoms with E-state index in [0.717, 1.165) is 43.6 Å². The van der Waals surface area contributed by atoms with Crippen molar-refractivity contribution in [2.24, 2.45) is 5.92 Å². The minimum absolute atomic E-state index is 0.215. The standard InChI is InChI=1S/C17H18BN3O2/c1-21-6-4-10(5-7-21)8-14-19-15-12-9-11(18)2-3-13(12)23-16(15)17(22)20-14/h2-3,9-10H,4-8H2,1H3,(H,19,20,22). The third kappa shape index (κ3) is 2.67. The number of likely N-dealkylation sites (tertiary alicyclic amines) is 1. The molecule has 23 heavy (non-hydrogen) atoms. The molecule has 1 aromatic carbocycles. The van der Waals surface area contributed by atoms with E-state index in [-0.39, 0.29) is 11.1 Å². The second-order valence-corrected chi connectivity index (χ2v) is 6.50. The fourth-order valence-electron chi connectivity index (χ4n) is 3.35. The van der Waals surface area contributed by atoms with Gasteiger partial charge in [-0.3, -0.25) is 4.79 Å². The summed E-state index contributed by atoms with van der Waals surface area (Å²) in [5.41, 5.74) is 1.95. The van der Waals surface area contributed by atoms with Gasteiger partial charge in [-0.2, -0.15) is 0 Å². The van der Waals surface area contributed by atoms with Crippen LogP contribution in [0.1, 0.15) is 18.7 Å². The predicted molar refractivity (Wildman–Crippen MR) is 91.4 cm³/mol. The van der Waals surface area contributed by atoms with Crippen LogP contribution >= 0.6 is 0 Å². The molecule has 0 amide bonds. The lowest BCUT2D eigenvalue weighted by Gasteiger charge is -2.28. The molecule has 1 aliphatic heterocycles. The van der Waals surface area contributed by atoms with Crippen LogP contribution in [-0.4, -0.2) is 42.9 Å². The van der Waals surface area contributed by atoms with Gasteiger partial charge in [0, 0.05) is 11.8 Å². The molecule has 0 saturated carbocycles. The number of fused-ring (bicyclic) bond motifs is 3. The molecule has 0 atom stereocenters. The molecule has 1 N–H and O–H groups in total. The van der Waals surface area contributed by atoms with E-state index >= 15 is 0 Å². The van der Waals surface area contributed by atoms with Crippen LogP contribution in [0.2, 0.25) is 0 Å². The van der Waals surface area contributed by atoms with Gasteiger partial charge in [-0.05, 0) is 45.0 Å². The molecule has 3 aromatic rings. The van der Waals surface area contributed by atoms with E-state index in [1.165, 1.54) is 0 Å². The number of nitrogens with one attached hydrogen (secondary N) is 1. The first kappa shape index (κ1) is 14.5. The average Bonchev–Trinajstić information content (AvgIpc) is 2.88. The second-order valence-electron chi connectivity index (χ2n) is 6.50. The molecule has 0 aliphatic carbocycles. The van der Waals surface area contributed by atoms with Gasteiger partial charge in [-0.25, -0.2) is 4.98 Å². The normalized spacial score (nSPS) is 17.3. The Morgan fingerprint density at radius 2 is 2.17 bits per heavy atom. The number of aromatic amines is 1. The van der Waals surface area contributed by atoms with Crippen molar-refractivity contribution in [2.75, 3.05) is 20.1 Å². The zero-order chi connectivity index (χ0) is 16.0. The Morgan fingerprint density at radius 3 is 2.96 bits per heavy atom. The van der Waals surface area contributed by atoms with E-state index in [1.54, 1.807) is 12.1 Å². The van der Waals surface area contributed by atoms with Crippen LogP contribution in [0.3, 0.4) is 0 Å². The number of aromatic nitrogens is 2. The molecule has 5 nitrogen and oxygen atoms in total. The minimum Gasteiger partial charge on any atom is -0.449 e. The van der Waals surface area contributed by atoms with Crippen LogP contribution < -0.4 is 11.0 Å². The van der Waals surface area contributed by atoms with Crippen LogP contribution in [0.25, 0.3) is 22.1 Å². The second kappa shape index (κ2) is 5.53. The van der Waals surface area contributed by atoms with Gasteiger partial charge >= 0.3 is 0 Å². The quantitative estimate of drug-likeness (QED) is 0.726. The molecule has 0 bridgehead atoms. The lowest BCUT2D eigenvalue weighted by molar-refractivity contribution is 0.217. The highest BCUT2D eigenvalue weighted by atomic mass is 16.3. The lowest BCUT2D eigenvalue weighted by Crippen LogP contribution is -2.31. The smallest absolute Gasteiger partial charge is 0.294 e. The zero-order valence-corrected chi connectivity index (χ0v) is 13.1. The van der Waals surface area contributed by atoms with Gasteiger partial charge in [0.1, 0.15) is 24.8 Å². The van der Waals surface area contributed by atoms with Gasteiger partial charge in [0.15, 0.2) is 0 Å². The van der Waals surface area contributed by atoms with Gasteiger partial charge in [0.25, 0.3) is 5.56 Å². The predicted octanol–water partition coefficient (Wildman–Crippen LogP) is 1.35. The zero-order valence-electron chi connectivity index (χ0n) is 13.1. The number of furan rings is 1. The molecule has 0 unspecified atom stereocenters. The van der Waals surface area contributed by atoms with Crippen LogP contribution in [0.5, 0.6) is 0 Å². The van der Waals surface area contributed by atoms with E-state index < -0.39 is 0 Å². The van der Waals surface area contributed by atoms with E-state index in [9.17, 15) is 4.79 Å². The van der Waals surface area contributed by atoms with E-state index in [4.69, 9.17) is 12.3 Å². The van der Waals surface area contributed by atoms with E-state index in [1.807, 2.05) is 6.07 Å². The van der Waals surface area contributed by atoms with Crippen LogP contribution in [0.15, 0.2) is 27.4 Å². The molecule has 1 fully saturated rings. The maximum Gasteiger partial charge on any atom is 0.294 e. The van der Waals surface area contributed by atoms with Crippen LogP contribution in [0.4, 0.5) is 0 Å². The van der Waals surface area contributed by atoms with Gasteiger partial charge in [0.05, 0.1) is 0 Å². The first-order valence-corrected chi connectivity index (χ1v) is 7.99. The summed E-state index contributed by atoms with van der Waals surface area (Å²) >= 11 is 0. The van der Waals surface area contributed by atoms with E-state index in [2.05, 4.69) is 21.9 Å². The fourth-order valence-corrected chi connectivity index (χ4v) is 3.35. The Hall–Kier alpha value is -2.08. The molecule has 2 aromatic heterocycles. The SMILES string of the molecule is [B]c1ccc2oc3c(=O)[nH]c(CC4CCN(C)CC4)nc3c2c1. The molecule has 0 spiro atoms. The average molecular weight is 307 g/mol. The Bertz CT molecular complexity index is 923. The van der Waals surface area contributed by atoms with Crippen molar-refractivity contribution in [3.63, 3.8) is 0 Å². The Balaban J connectivity index is 1.75. The van der Waals surface area contributed by atoms with Crippen LogP contribution in [-0.2, 0) is 6.42 Å². The Morgan fingerprint density at radius 1 is 1.39 bits per heavy atom. The molecular formula is C17H18BN3O2. The summed E-state index contributed by atoms with van der Waals surface area (Å²) in [7, 11) is 8.00. The Kier molecular flexibility index (Phi) is 3.49. The van der Waals surface area contributed by atoms with Gasteiger partial charge in [0.2, 0.25) is 5.58 Å². The summed E-state index contributed by atoms with van der Waals surface area (Å²) in [5, 5.41) is 0.802. The van der Waals surface area contributed by atoms with Crippen molar-refractivity contribution < 1.29 is 4.42 Å². The first-order valence-electron chi connectivity index (χ1n) is 7.99. The summed E-state index contributed by atoms with van der Waals surface area (Å²) in [6.07, 6.45) is 3.07. The van der Waals surface area contributed by atoms with Crippen molar-refractivity contribution in [2.45, 2.75) is 19.3 Å². The van der Waals surface area contributed by atoms with E-state index in [0.29, 0.717) is 22.5 Å². The number of benzene rings is 1. The summed E-state index contributed by atoms with van der Waals surface area (Å²) in [4.78, 5) is 22.2. The minimum atomic E-state index is -0.215.